The van der Waals surface area contributed by atoms with Crippen LogP contribution in [0.2, 0.25) is 0 Å². The first-order chi connectivity index (χ1) is 6.58. The van der Waals surface area contributed by atoms with E-state index >= 15 is 0 Å². The Bertz CT molecular complexity index is 514. The maximum atomic E-state index is 5.19. The zero-order valence-corrected chi connectivity index (χ0v) is 10.6. The molecule has 0 aliphatic heterocycles. The monoisotopic (exact) mass is 283 g/mol. The van der Waals surface area contributed by atoms with Crippen molar-refractivity contribution in [2.45, 2.75) is 0 Å². The van der Waals surface area contributed by atoms with Gasteiger partial charge in [-0.05, 0) is 36.7 Å². The molecule has 10 heteroatoms. The van der Waals surface area contributed by atoms with Gasteiger partial charge in [-0.25, -0.2) is 0 Å². The van der Waals surface area contributed by atoms with Gasteiger partial charge in [-0.15, -0.1) is 5.10 Å². The molecule has 0 aliphatic rings. The van der Waals surface area contributed by atoms with Gasteiger partial charge in [-0.2, -0.15) is 0 Å². The Labute approximate surface area is 102 Å². The highest BCUT2D eigenvalue weighted by molar-refractivity contribution is 7.75. The molecular formula is C4H5N5S5. The van der Waals surface area contributed by atoms with Crippen molar-refractivity contribution in [1.29, 1.82) is 0 Å². The van der Waals surface area contributed by atoms with Crippen LogP contribution in [0.5, 0.6) is 0 Å². The van der Waals surface area contributed by atoms with Crippen molar-refractivity contribution in [3.63, 3.8) is 0 Å². The van der Waals surface area contributed by atoms with Crippen LogP contribution in [0.4, 0.5) is 5.13 Å². The van der Waals surface area contributed by atoms with E-state index in [1.165, 1.54) is 22.7 Å². The van der Waals surface area contributed by atoms with Crippen LogP contribution >= 0.6 is 59.3 Å². The van der Waals surface area contributed by atoms with Crippen molar-refractivity contribution in [2.75, 3.05) is 5.73 Å². The van der Waals surface area contributed by atoms with Crippen molar-refractivity contribution < 1.29 is 0 Å². The van der Waals surface area contributed by atoms with Crippen LogP contribution < -0.4 is 5.73 Å². The van der Waals surface area contributed by atoms with E-state index in [-0.39, 0.29) is 0 Å². The molecule has 2 aromatic rings. The summed E-state index contributed by atoms with van der Waals surface area (Å²) in [6.45, 7) is 0. The average Bonchev–Trinajstić information content (AvgIpc) is 2.63. The summed E-state index contributed by atoms with van der Waals surface area (Å²) in [5, 5.41) is 11.9. The highest BCUT2D eigenvalue weighted by atomic mass is 32.2. The molecule has 2 heterocycles. The Balaban J connectivity index is 0.000000140. The van der Waals surface area contributed by atoms with E-state index in [1.54, 1.807) is 0 Å². The molecule has 0 spiro atoms. The SMILES string of the molecule is Nc1n[nH]c(=S)s1.S=c1[nH][nH]c(=S)s1. The first kappa shape index (κ1) is 11.7. The van der Waals surface area contributed by atoms with Crippen LogP contribution in [0.1, 0.15) is 0 Å². The molecule has 0 aromatic carbocycles. The topological polar surface area (TPSA) is 86.3 Å². The Kier molecular flexibility index (Phi) is 4.54. The van der Waals surface area contributed by atoms with Gasteiger partial charge < -0.3 is 5.73 Å². The van der Waals surface area contributed by atoms with E-state index in [9.17, 15) is 0 Å². The number of nitrogens with two attached hydrogens (primary N) is 1. The van der Waals surface area contributed by atoms with Crippen LogP contribution in [0.3, 0.4) is 0 Å². The Morgan fingerprint density at radius 1 is 1.00 bits per heavy atom. The summed E-state index contributed by atoms with van der Waals surface area (Å²) >= 11 is 16.7. The van der Waals surface area contributed by atoms with E-state index in [4.69, 9.17) is 30.2 Å². The molecule has 5 N–H and O–H groups in total. The third-order valence-electron chi connectivity index (χ3n) is 0.907. The van der Waals surface area contributed by atoms with Gasteiger partial charge in [-0.3, -0.25) is 15.3 Å². The highest BCUT2D eigenvalue weighted by Gasteiger charge is 1.83. The van der Waals surface area contributed by atoms with Gasteiger partial charge in [0.25, 0.3) is 0 Å². The predicted molar refractivity (Wildman–Crippen MR) is 66.4 cm³/mol. The van der Waals surface area contributed by atoms with Crippen LogP contribution in [0.15, 0.2) is 0 Å². The largest absolute Gasteiger partial charge is 0.374 e. The van der Waals surface area contributed by atoms with Gasteiger partial charge in [-0.1, -0.05) is 22.7 Å². The summed E-state index contributed by atoms with van der Waals surface area (Å²) in [6.07, 6.45) is 0. The van der Waals surface area contributed by atoms with Crippen LogP contribution in [-0.2, 0) is 0 Å². The van der Waals surface area contributed by atoms with Gasteiger partial charge in [0, 0.05) is 0 Å². The molecule has 0 saturated carbocycles. The fraction of sp³-hybridized carbons (Fsp3) is 0. The fourth-order valence-corrected chi connectivity index (χ4v) is 2.29. The Morgan fingerprint density at radius 2 is 1.57 bits per heavy atom. The third kappa shape index (κ3) is 4.19. The lowest BCUT2D eigenvalue weighted by atomic mass is 11.3. The quantitative estimate of drug-likeness (QED) is 0.558. The Hall–Kier alpha value is -0.420. The van der Waals surface area contributed by atoms with Crippen molar-refractivity contribution in [1.82, 2.24) is 20.4 Å². The Morgan fingerprint density at radius 3 is 1.71 bits per heavy atom. The lowest BCUT2D eigenvalue weighted by Crippen LogP contribution is -1.79. The van der Waals surface area contributed by atoms with Gasteiger partial charge in [0.1, 0.15) is 0 Å². The fourth-order valence-electron chi connectivity index (χ4n) is 0.479. The van der Waals surface area contributed by atoms with Gasteiger partial charge in [0.05, 0.1) is 0 Å². The second kappa shape index (κ2) is 5.46. The minimum Gasteiger partial charge on any atom is -0.374 e. The summed E-state index contributed by atoms with van der Waals surface area (Å²) in [7, 11) is 0. The molecule has 0 radical (unpaired) electrons. The zero-order chi connectivity index (χ0) is 10.6. The average molecular weight is 283 g/mol. The highest BCUT2D eigenvalue weighted by Crippen LogP contribution is 2.03. The molecule has 0 unspecified atom stereocenters. The molecule has 0 saturated heterocycles. The lowest BCUT2D eigenvalue weighted by molar-refractivity contribution is 1.07. The minimum atomic E-state index is 0.491. The number of aromatic nitrogens is 4. The number of nitrogen functional groups attached to an aromatic ring is 1. The molecule has 76 valence electrons. The zero-order valence-electron chi connectivity index (χ0n) is 6.57. The van der Waals surface area contributed by atoms with Crippen LogP contribution in [0.25, 0.3) is 0 Å². The molecule has 0 atom stereocenters. The van der Waals surface area contributed by atoms with E-state index in [0.29, 0.717) is 17.0 Å². The van der Waals surface area contributed by atoms with Crippen LogP contribution in [0, 0.1) is 11.9 Å². The molecule has 0 amide bonds. The first-order valence-electron chi connectivity index (χ1n) is 3.16. The van der Waals surface area contributed by atoms with Crippen LogP contribution in [-0.4, -0.2) is 20.4 Å². The number of anilines is 1. The number of hydrogen-bond acceptors (Lipinski definition) is 7. The summed E-state index contributed by atoms with van der Waals surface area (Å²) < 4.78 is 2.02. The number of nitrogens with one attached hydrogen (secondary N) is 3. The van der Waals surface area contributed by atoms with Crippen molar-refractivity contribution >= 4 is 64.5 Å². The number of hydrogen-bond donors (Lipinski definition) is 4. The summed E-state index contributed by atoms with van der Waals surface area (Å²) in [6, 6.07) is 0. The molecule has 2 aromatic heterocycles. The van der Waals surface area contributed by atoms with Gasteiger partial charge in [0.15, 0.2) is 11.9 Å². The smallest absolute Gasteiger partial charge is 0.201 e. The molecule has 5 nitrogen and oxygen atoms in total. The number of aromatic amines is 3. The standard InChI is InChI=1S/C2H3N3S2.C2H2N2S3/c3-1-4-5-2(6)7-1;5-1-3-4-2(6)7-1/h(H2,3,4)(H,5,6);(H,3,5)(H,4,6). The van der Waals surface area contributed by atoms with Crippen molar-refractivity contribution in [3.05, 3.63) is 11.9 Å². The number of nitrogens with zero attached hydrogens (tertiary/aromatic N) is 1. The summed E-state index contributed by atoms with van der Waals surface area (Å²) in [5.41, 5.74) is 5.19. The second-order valence-corrected chi connectivity index (χ2v) is 5.93. The molecule has 0 aliphatic carbocycles. The van der Waals surface area contributed by atoms with Gasteiger partial charge in [0.2, 0.25) is 5.13 Å². The van der Waals surface area contributed by atoms with Crippen molar-refractivity contribution in [2.24, 2.45) is 0 Å². The van der Waals surface area contributed by atoms with E-state index < -0.39 is 0 Å². The molecule has 0 fully saturated rings. The lowest BCUT2D eigenvalue weighted by Gasteiger charge is -1.65. The maximum Gasteiger partial charge on any atom is 0.201 e. The molecule has 0 bridgehead atoms. The number of rotatable bonds is 0. The van der Waals surface area contributed by atoms with E-state index in [2.05, 4.69) is 32.6 Å². The normalized spacial score (nSPS) is 9.14. The summed E-state index contributed by atoms with van der Waals surface area (Å²) in [4.78, 5) is 0. The second-order valence-electron chi connectivity index (χ2n) is 1.88. The molecule has 2 rings (SSSR count). The van der Waals surface area contributed by atoms with Gasteiger partial charge >= 0.3 is 0 Å². The van der Waals surface area contributed by atoms with Crippen molar-refractivity contribution in [3.8, 4) is 0 Å². The van der Waals surface area contributed by atoms with E-state index in [1.807, 2.05) is 0 Å². The third-order valence-corrected chi connectivity index (χ3v) is 3.10. The number of H-pyrrole nitrogens is 3. The molecular weight excluding hydrogens is 278 g/mol. The first-order valence-corrected chi connectivity index (χ1v) is 6.02. The molecule has 14 heavy (non-hydrogen) atoms. The maximum absolute atomic E-state index is 5.19. The summed E-state index contributed by atoms with van der Waals surface area (Å²) in [5.74, 6) is 0. The minimum absolute atomic E-state index is 0.491. The predicted octanol–water partition coefficient (Wildman–Crippen LogP) is 2.65. The van der Waals surface area contributed by atoms with E-state index in [0.717, 1.165) is 0 Å².